The lowest BCUT2D eigenvalue weighted by Crippen LogP contribution is -2.12. The van der Waals surface area contributed by atoms with Crippen LogP contribution in [0.2, 0.25) is 0 Å². The molecule has 0 fully saturated rings. The molecule has 0 aromatic carbocycles. The van der Waals surface area contributed by atoms with Gasteiger partial charge in [-0.3, -0.25) is 4.98 Å². The zero-order valence-corrected chi connectivity index (χ0v) is 16.0. The van der Waals surface area contributed by atoms with Gasteiger partial charge in [0.05, 0.1) is 11.0 Å². The summed E-state index contributed by atoms with van der Waals surface area (Å²) in [6, 6.07) is 5.60. The highest BCUT2D eigenvalue weighted by Gasteiger charge is 2.06. The fourth-order valence-electron chi connectivity index (χ4n) is 2.43. The van der Waals surface area contributed by atoms with Crippen LogP contribution in [0.25, 0.3) is 16.6 Å². The van der Waals surface area contributed by atoms with E-state index in [0.717, 1.165) is 28.8 Å². The summed E-state index contributed by atoms with van der Waals surface area (Å²) in [5, 5.41) is 13.8. The molecule has 0 radical (unpaired) electrons. The zero-order valence-electron chi connectivity index (χ0n) is 16.0. The minimum atomic E-state index is 0.273. The summed E-state index contributed by atoms with van der Waals surface area (Å²) in [6.07, 6.45) is 8.18. The average Bonchev–Trinajstić information content (AvgIpc) is 2.66. The molecular formula is C20H27N7. The van der Waals surface area contributed by atoms with Crippen LogP contribution < -0.4 is 22.1 Å². The molecule has 0 amide bonds. The van der Waals surface area contributed by atoms with Crippen LogP contribution in [0, 0.1) is 11.3 Å². The second-order valence-corrected chi connectivity index (χ2v) is 6.31. The molecule has 0 aliphatic heterocycles. The first-order valence-electron chi connectivity index (χ1n) is 8.85. The monoisotopic (exact) mass is 365 g/mol. The normalized spacial score (nSPS) is 13.1. The predicted octanol–water partition coefficient (Wildman–Crippen LogP) is 2.94. The van der Waals surface area contributed by atoms with Crippen LogP contribution in [0.1, 0.15) is 26.3 Å². The van der Waals surface area contributed by atoms with Gasteiger partial charge in [-0.2, -0.15) is 0 Å². The highest BCUT2D eigenvalue weighted by atomic mass is 15.1. The van der Waals surface area contributed by atoms with E-state index in [2.05, 4.69) is 20.6 Å². The van der Waals surface area contributed by atoms with Crippen LogP contribution in [0.4, 0.5) is 5.82 Å². The number of allylic oxidation sites excluding steroid dienone is 3. The summed E-state index contributed by atoms with van der Waals surface area (Å²) in [6.45, 7) is 6.88. The van der Waals surface area contributed by atoms with E-state index in [1.54, 1.807) is 24.7 Å². The third kappa shape index (κ3) is 5.31. The third-order valence-corrected chi connectivity index (χ3v) is 3.94. The van der Waals surface area contributed by atoms with E-state index in [4.69, 9.17) is 16.9 Å². The van der Waals surface area contributed by atoms with Crippen molar-refractivity contribution in [1.29, 1.82) is 5.41 Å². The van der Waals surface area contributed by atoms with E-state index in [1.165, 1.54) is 6.21 Å². The molecule has 2 heterocycles. The fraction of sp³-hybridized carbons (Fsp3) is 0.250. The maximum absolute atomic E-state index is 7.60. The molecule has 27 heavy (non-hydrogen) atoms. The van der Waals surface area contributed by atoms with Gasteiger partial charge in [0.2, 0.25) is 0 Å². The molecule has 0 aliphatic rings. The van der Waals surface area contributed by atoms with E-state index in [0.29, 0.717) is 17.2 Å². The van der Waals surface area contributed by atoms with Gasteiger partial charge in [0, 0.05) is 36.3 Å². The van der Waals surface area contributed by atoms with Crippen molar-refractivity contribution >= 4 is 28.6 Å². The van der Waals surface area contributed by atoms with E-state index in [-0.39, 0.29) is 5.92 Å². The average molecular weight is 365 g/mol. The first-order chi connectivity index (χ1) is 13.0. The van der Waals surface area contributed by atoms with Crippen LogP contribution in [-0.2, 0) is 0 Å². The smallest absolute Gasteiger partial charge is 0.132 e. The molecular weight excluding hydrogens is 338 g/mol. The molecule has 7 heteroatoms. The van der Waals surface area contributed by atoms with Gasteiger partial charge in [0.1, 0.15) is 11.6 Å². The minimum Gasteiger partial charge on any atom is -0.404 e. The molecule has 2 aromatic heterocycles. The van der Waals surface area contributed by atoms with Crippen LogP contribution in [0.15, 0.2) is 54.3 Å². The maximum Gasteiger partial charge on any atom is 0.132 e. The minimum absolute atomic E-state index is 0.273. The number of nitrogens with zero attached hydrogens (tertiary/aromatic N) is 2. The van der Waals surface area contributed by atoms with Crippen molar-refractivity contribution in [3.8, 4) is 0 Å². The Kier molecular flexibility index (Phi) is 6.93. The van der Waals surface area contributed by atoms with Crippen molar-refractivity contribution in [3.63, 3.8) is 0 Å². The van der Waals surface area contributed by atoms with E-state index in [1.807, 2.05) is 39.0 Å². The van der Waals surface area contributed by atoms with Crippen LogP contribution in [-0.4, -0.2) is 22.7 Å². The van der Waals surface area contributed by atoms with Gasteiger partial charge in [-0.15, -0.1) is 0 Å². The standard InChI is InChI=1S/C20H27N7/c1-4-24-11-16(10-22)15-7-18-17(25-12-15)5-6-20(26-18)27-19(23)8-14(9-21)13(2)3/h5-13,22,24H,4,21,23H2,1-3H3,(H,26,27)/b14-9+,16-11+,19-8+,22-10?. The Morgan fingerprint density at radius 1 is 1.30 bits per heavy atom. The van der Waals surface area contributed by atoms with Crippen molar-refractivity contribution in [3.05, 3.63) is 59.8 Å². The van der Waals surface area contributed by atoms with Gasteiger partial charge in [0.15, 0.2) is 0 Å². The molecule has 7 nitrogen and oxygen atoms in total. The summed E-state index contributed by atoms with van der Waals surface area (Å²) < 4.78 is 0. The molecule has 0 unspecified atom stereocenters. The number of anilines is 1. The molecule has 0 aliphatic carbocycles. The lowest BCUT2D eigenvalue weighted by Gasteiger charge is -2.10. The number of nitrogens with two attached hydrogens (primary N) is 2. The molecule has 142 valence electrons. The summed E-state index contributed by atoms with van der Waals surface area (Å²) in [4.78, 5) is 9.01. The molecule has 0 spiro atoms. The van der Waals surface area contributed by atoms with Crippen molar-refractivity contribution in [2.75, 3.05) is 11.9 Å². The van der Waals surface area contributed by atoms with E-state index < -0.39 is 0 Å². The number of fused-ring (bicyclic) bond motifs is 1. The maximum atomic E-state index is 7.60. The lowest BCUT2D eigenvalue weighted by molar-refractivity contribution is 0.786. The van der Waals surface area contributed by atoms with Gasteiger partial charge < -0.3 is 27.5 Å². The first-order valence-corrected chi connectivity index (χ1v) is 8.85. The van der Waals surface area contributed by atoms with Crippen molar-refractivity contribution in [2.24, 2.45) is 17.4 Å². The second-order valence-electron chi connectivity index (χ2n) is 6.31. The molecule has 0 saturated heterocycles. The van der Waals surface area contributed by atoms with Crippen molar-refractivity contribution in [2.45, 2.75) is 20.8 Å². The van der Waals surface area contributed by atoms with Gasteiger partial charge in [-0.05, 0) is 48.9 Å². The Morgan fingerprint density at radius 2 is 2.07 bits per heavy atom. The largest absolute Gasteiger partial charge is 0.404 e. The number of aromatic nitrogens is 2. The van der Waals surface area contributed by atoms with Crippen molar-refractivity contribution < 1.29 is 0 Å². The topological polar surface area (TPSA) is 126 Å². The summed E-state index contributed by atoms with van der Waals surface area (Å²) in [7, 11) is 0. The summed E-state index contributed by atoms with van der Waals surface area (Å²) in [5.41, 5.74) is 15.7. The molecule has 7 N–H and O–H groups in total. The van der Waals surface area contributed by atoms with Gasteiger partial charge in [0.25, 0.3) is 0 Å². The molecule has 2 aromatic rings. The van der Waals surface area contributed by atoms with Crippen LogP contribution >= 0.6 is 0 Å². The second kappa shape index (κ2) is 9.38. The molecule has 0 bridgehead atoms. The zero-order chi connectivity index (χ0) is 19.8. The Bertz CT molecular complexity index is 894. The quantitative estimate of drug-likeness (QED) is 0.362. The van der Waals surface area contributed by atoms with E-state index >= 15 is 0 Å². The van der Waals surface area contributed by atoms with Gasteiger partial charge >= 0.3 is 0 Å². The summed E-state index contributed by atoms with van der Waals surface area (Å²) in [5.74, 6) is 1.35. The molecule has 2 rings (SSSR count). The van der Waals surface area contributed by atoms with E-state index in [9.17, 15) is 0 Å². The summed E-state index contributed by atoms with van der Waals surface area (Å²) >= 11 is 0. The lowest BCUT2D eigenvalue weighted by atomic mass is 10.0. The first kappa shape index (κ1) is 20.0. The predicted molar refractivity (Wildman–Crippen MR) is 113 cm³/mol. The van der Waals surface area contributed by atoms with Gasteiger partial charge in [-0.1, -0.05) is 13.8 Å². The van der Waals surface area contributed by atoms with Gasteiger partial charge in [-0.25, -0.2) is 4.98 Å². The number of hydrogen-bond acceptors (Lipinski definition) is 7. The fourth-order valence-corrected chi connectivity index (χ4v) is 2.43. The molecule has 0 saturated carbocycles. The highest BCUT2D eigenvalue weighted by molar-refractivity contribution is 6.08. The SMILES string of the molecule is CCN/C=C(\C=N)c1cnc2ccc(N/C(N)=C/C(=C\N)C(C)C)nc2c1. The molecule has 0 atom stereocenters. The van der Waals surface area contributed by atoms with Crippen molar-refractivity contribution in [1.82, 2.24) is 15.3 Å². The Balaban J connectivity index is 2.32. The van der Waals surface area contributed by atoms with Crippen LogP contribution in [0.3, 0.4) is 0 Å². The number of pyridine rings is 2. The highest BCUT2D eigenvalue weighted by Crippen LogP contribution is 2.19. The number of hydrogen-bond donors (Lipinski definition) is 5. The number of nitrogens with one attached hydrogen (secondary N) is 3. The van der Waals surface area contributed by atoms with Crippen LogP contribution in [0.5, 0.6) is 0 Å². The third-order valence-electron chi connectivity index (χ3n) is 3.94. The Morgan fingerprint density at radius 3 is 2.70 bits per heavy atom. The number of rotatable bonds is 8. The Labute approximate surface area is 159 Å². The Hall–Kier alpha value is -3.35.